The Kier molecular flexibility index (Phi) is 6.89. The molecule has 0 aliphatic carbocycles. The number of rotatable bonds is 4. The minimum atomic E-state index is 0. The maximum Gasteiger partial charge on any atom is 0.224 e. The lowest BCUT2D eigenvalue weighted by atomic mass is 9.99. The van der Waals surface area contributed by atoms with E-state index >= 15 is 0 Å². The number of hydrogen-bond acceptors (Lipinski definition) is 2. The van der Waals surface area contributed by atoms with Crippen molar-refractivity contribution in [1.29, 1.82) is 0 Å². The summed E-state index contributed by atoms with van der Waals surface area (Å²) in [5, 5.41) is 6.31. The summed E-state index contributed by atoms with van der Waals surface area (Å²) in [7, 11) is 0. The number of benzene rings is 1. The molecule has 106 valence electrons. The first kappa shape index (κ1) is 16.0. The van der Waals surface area contributed by atoms with E-state index in [1.807, 2.05) is 0 Å². The normalized spacial score (nSPS) is 18.5. The topological polar surface area (TPSA) is 41.1 Å². The Hall–Kier alpha value is -1.06. The first-order valence-corrected chi connectivity index (χ1v) is 6.79. The van der Waals surface area contributed by atoms with Crippen LogP contribution in [0, 0.1) is 12.8 Å². The lowest BCUT2D eigenvalue weighted by molar-refractivity contribution is -0.125. The molecular formula is C15H23ClN2O. The zero-order valence-electron chi connectivity index (χ0n) is 11.4. The third-order valence-corrected chi connectivity index (χ3v) is 3.46. The van der Waals surface area contributed by atoms with Crippen molar-refractivity contribution < 1.29 is 4.79 Å². The van der Waals surface area contributed by atoms with E-state index in [-0.39, 0.29) is 24.2 Å². The minimum Gasteiger partial charge on any atom is -0.355 e. The van der Waals surface area contributed by atoms with Crippen molar-refractivity contribution in [3.8, 4) is 0 Å². The fourth-order valence-corrected chi connectivity index (χ4v) is 2.42. The molecule has 0 radical (unpaired) electrons. The lowest BCUT2D eigenvalue weighted by Crippen LogP contribution is -2.41. The highest BCUT2D eigenvalue weighted by atomic mass is 35.5. The molecule has 1 aromatic carbocycles. The second-order valence-corrected chi connectivity index (χ2v) is 5.07. The van der Waals surface area contributed by atoms with Crippen LogP contribution in [0.3, 0.4) is 0 Å². The highest BCUT2D eigenvalue weighted by molar-refractivity contribution is 5.85. The van der Waals surface area contributed by atoms with Gasteiger partial charge in [0.15, 0.2) is 0 Å². The second-order valence-electron chi connectivity index (χ2n) is 5.07. The molecule has 1 atom stereocenters. The maximum atomic E-state index is 11.9. The van der Waals surface area contributed by atoms with Crippen LogP contribution >= 0.6 is 12.4 Å². The smallest absolute Gasteiger partial charge is 0.224 e. The van der Waals surface area contributed by atoms with Crippen LogP contribution in [0.5, 0.6) is 0 Å². The lowest BCUT2D eigenvalue weighted by Gasteiger charge is -2.21. The summed E-state index contributed by atoms with van der Waals surface area (Å²) in [5.74, 6) is 0.367. The molecule has 1 heterocycles. The van der Waals surface area contributed by atoms with Gasteiger partial charge in [0, 0.05) is 13.1 Å². The summed E-state index contributed by atoms with van der Waals surface area (Å²) in [6, 6.07) is 8.45. The van der Waals surface area contributed by atoms with Crippen LogP contribution in [-0.2, 0) is 11.2 Å². The molecule has 0 bridgehead atoms. The average Bonchev–Trinajstić information content (AvgIpc) is 2.40. The third kappa shape index (κ3) is 5.21. The van der Waals surface area contributed by atoms with E-state index in [2.05, 4.69) is 41.8 Å². The molecule has 1 fully saturated rings. The molecule has 1 unspecified atom stereocenters. The summed E-state index contributed by atoms with van der Waals surface area (Å²) in [4.78, 5) is 11.9. The van der Waals surface area contributed by atoms with Crippen molar-refractivity contribution in [2.75, 3.05) is 19.6 Å². The summed E-state index contributed by atoms with van der Waals surface area (Å²) in [6.45, 7) is 4.71. The Morgan fingerprint density at radius 3 is 3.00 bits per heavy atom. The van der Waals surface area contributed by atoms with Crippen molar-refractivity contribution in [2.24, 2.45) is 5.92 Å². The van der Waals surface area contributed by atoms with E-state index in [0.29, 0.717) is 0 Å². The van der Waals surface area contributed by atoms with E-state index in [0.717, 1.165) is 38.9 Å². The van der Waals surface area contributed by atoms with E-state index in [1.54, 1.807) is 0 Å². The number of carbonyl (C=O) groups is 1. The van der Waals surface area contributed by atoms with Crippen molar-refractivity contribution in [3.63, 3.8) is 0 Å². The van der Waals surface area contributed by atoms with Crippen molar-refractivity contribution in [3.05, 3.63) is 35.4 Å². The molecule has 4 heteroatoms. The molecule has 1 aliphatic heterocycles. The Labute approximate surface area is 121 Å². The molecule has 1 amide bonds. The van der Waals surface area contributed by atoms with Crippen LogP contribution < -0.4 is 10.6 Å². The maximum absolute atomic E-state index is 11.9. The average molecular weight is 283 g/mol. The Morgan fingerprint density at radius 1 is 1.47 bits per heavy atom. The quantitative estimate of drug-likeness (QED) is 0.888. The Bertz CT molecular complexity index is 403. The first-order chi connectivity index (χ1) is 8.75. The van der Waals surface area contributed by atoms with Crippen LogP contribution in [0.1, 0.15) is 24.0 Å². The molecule has 3 nitrogen and oxygen atoms in total. The van der Waals surface area contributed by atoms with Gasteiger partial charge < -0.3 is 10.6 Å². The van der Waals surface area contributed by atoms with Crippen LogP contribution in [0.2, 0.25) is 0 Å². The standard InChI is InChI=1S/C15H22N2O.ClH/c1-12-4-2-5-13(10-12)7-9-17-15(18)14-6-3-8-16-11-14;/h2,4-5,10,14,16H,3,6-9,11H2,1H3,(H,17,18);1H. The SMILES string of the molecule is Cc1cccc(CCNC(=O)C2CCCNC2)c1.Cl. The Balaban J connectivity index is 0.00000180. The fourth-order valence-electron chi connectivity index (χ4n) is 2.42. The second kappa shape index (κ2) is 8.18. The molecule has 1 aliphatic rings. The van der Waals surface area contributed by atoms with Gasteiger partial charge in [-0.2, -0.15) is 0 Å². The number of piperidine rings is 1. The number of carbonyl (C=O) groups excluding carboxylic acids is 1. The molecular weight excluding hydrogens is 260 g/mol. The van der Waals surface area contributed by atoms with E-state index in [4.69, 9.17) is 0 Å². The third-order valence-electron chi connectivity index (χ3n) is 3.46. The fraction of sp³-hybridized carbons (Fsp3) is 0.533. The van der Waals surface area contributed by atoms with Crippen molar-refractivity contribution in [1.82, 2.24) is 10.6 Å². The van der Waals surface area contributed by atoms with Gasteiger partial charge in [-0.15, -0.1) is 12.4 Å². The number of aryl methyl sites for hydroxylation is 1. The predicted molar refractivity (Wildman–Crippen MR) is 80.7 cm³/mol. The van der Waals surface area contributed by atoms with Gasteiger partial charge in [-0.25, -0.2) is 0 Å². The van der Waals surface area contributed by atoms with Gasteiger partial charge in [0.25, 0.3) is 0 Å². The first-order valence-electron chi connectivity index (χ1n) is 6.79. The predicted octanol–water partition coefficient (Wildman–Crippen LogP) is 2.08. The number of nitrogens with one attached hydrogen (secondary N) is 2. The van der Waals surface area contributed by atoms with Crippen LogP contribution in [0.25, 0.3) is 0 Å². The highest BCUT2D eigenvalue weighted by Gasteiger charge is 2.19. The van der Waals surface area contributed by atoms with Gasteiger partial charge in [0.1, 0.15) is 0 Å². The molecule has 1 aromatic rings. The van der Waals surface area contributed by atoms with E-state index in [9.17, 15) is 4.79 Å². The largest absolute Gasteiger partial charge is 0.355 e. The van der Waals surface area contributed by atoms with Gasteiger partial charge in [-0.1, -0.05) is 29.8 Å². The van der Waals surface area contributed by atoms with Crippen LogP contribution in [0.4, 0.5) is 0 Å². The Morgan fingerprint density at radius 2 is 2.32 bits per heavy atom. The van der Waals surface area contributed by atoms with Crippen LogP contribution in [0.15, 0.2) is 24.3 Å². The van der Waals surface area contributed by atoms with Gasteiger partial charge in [0.2, 0.25) is 5.91 Å². The summed E-state index contributed by atoms with van der Waals surface area (Å²) in [6.07, 6.45) is 3.03. The van der Waals surface area contributed by atoms with Crippen LogP contribution in [-0.4, -0.2) is 25.5 Å². The number of halogens is 1. The molecule has 19 heavy (non-hydrogen) atoms. The van der Waals surface area contributed by atoms with E-state index in [1.165, 1.54) is 11.1 Å². The number of amides is 1. The van der Waals surface area contributed by atoms with Crippen molar-refractivity contribution >= 4 is 18.3 Å². The number of hydrogen-bond donors (Lipinski definition) is 2. The molecule has 0 aromatic heterocycles. The molecule has 1 saturated heterocycles. The highest BCUT2D eigenvalue weighted by Crippen LogP contribution is 2.09. The summed E-state index contributed by atoms with van der Waals surface area (Å²) >= 11 is 0. The molecule has 2 rings (SSSR count). The molecule has 0 spiro atoms. The summed E-state index contributed by atoms with van der Waals surface area (Å²) < 4.78 is 0. The monoisotopic (exact) mass is 282 g/mol. The van der Waals surface area contributed by atoms with Crippen molar-refractivity contribution in [2.45, 2.75) is 26.2 Å². The minimum absolute atomic E-state index is 0. The summed E-state index contributed by atoms with van der Waals surface area (Å²) in [5.41, 5.74) is 2.56. The van der Waals surface area contributed by atoms with E-state index < -0.39 is 0 Å². The van der Waals surface area contributed by atoms with Gasteiger partial charge in [-0.05, 0) is 38.3 Å². The van der Waals surface area contributed by atoms with Gasteiger partial charge in [0.05, 0.1) is 5.92 Å². The molecule has 2 N–H and O–H groups in total. The van der Waals surface area contributed by atoms with Gasteiger partial charge in [-0.3, -0.25) is 4.79 Å². The zero-order valence-corrected chi connectivity index (χ0v) is 12.3. The molecule has 0 saturated carbocycles. The zero-order chi connectivity index (χ0) is 12.8. The van der Waals surface area contributed by atoms with Gasteiger partial charge >= 0.3 is 0 Å².